The maximum Gasteiger partial charge on any atom is 0.239 e. The van der Waals surface area contributed by atoms with Crippen LogP contribution in [0.4, 0.5) is 15.8 Å². The lowest BCUT2D eigenvalue weighted by Gasteiger charge is -2.21. The zero-order valence-electron chi connectivity index (χ0n) is 10.9. The zero-order valence-corrected chi connectivity index (χ0v) is 13.0. The Balaban J connectivity index is 2.65. The molecule has 0 saturated carbocycles. The zero-order chi connectivity index (χ0) is 14.4. The number of anilines is 2. The average molecular weight is 381 g/mol. The van der Waals surface area contributed by atoms with Crippen molar-refractivity contribution in [3.63, 3.8) is 0 Å². The molecule has 1 rings (SSSR count). The number of halogens is 2. The van der Waals surface area contributed by atoms with E-state index in [-0.39, 0.29) is 18.3 Å². The van der Waals surface area contributed by atoms with E-state index in [1.165, 1.54) is 6.07 Å². The van der Waals surface area contributed by atoms with E-state index < -0.39 is 0 Å². The summed E-state index contributed by atoms with van der Waals surface area (Å²) < 4.78 is 18.8. The van der Waals surface area contributed by atoms with Gasteiger partial charge in [0.05, 0.1) is 28.1 Å². The highest BCUT2D eigenvalue weighted by Gasteiger charge is 2.12. The molecule has 0 radical (unpaired) electrons. The maximum atomic E-state index is 13.5. The molecular formula is C12H17FIN3O2. The molecule has 1 amide bonds. The second-order valence-corrected chi connectivity index (χ2v) is 5.19. The molecule has 3 N–H and O–H groups in total. The van der Waals surface area contributed by atoms with E-state index in [0.29, 0.717) is 28.1 Å². The second kappa shape index (κ2) is 7.49. The monoisotopic (exact) mass is 381 g/mol. The Morgan fingerprint density at radius 1 is 1.58 bits per heavy atom. The minimum atomic E-state index is -0.351. The van der Waals surface area contributed by atoms with Crippen molar-refractivity contribution in [3.05, 3.63) is 21.5 Å². The summed E-state index contributed by atoms with van der Waals surface area (Å²) in [5.41, 5.74) is 6.77. The minimum absolute atomic E-state index is 0.105. The summed E-state index contributed by atoms with van der Waals surface area (Å²) in [5.74, 6) is -0.519. The number of nitrogen functional groups attached to an aromatic ring is 1. The van der Waals surface area contributed by atoms with Crippen molar-refractivity contribution in [2.75, 3.05) is 44.5 Å². The van der Waals surface area contributed by atoms with Gasteiger partial charge in [-0.2, -0.15) is 0 Å². The van der Waals surface area contributed by atoms with E-state index >= 15 is 0 Å². The lowest BCUT2D eigenvalue weighted by molar-refractivity contribution is -0.119. The number of rotatable bonds is 6. The molecule has 0 spiro atoms. The summed E-state index contributed by atoms with van der Waals surface area (Å²) in [6.07, 6.45) is 0. The Morgan fingerprint density at radius 2 is 2.26 bits per heavy atom. The molecule has 1 aromatic rings. The highest BCUT2D eigenvalue weighted by molar-refractivity contribution is 14.1. The lowest BCUT2D eigenvalue weighted by atomic mass is 10.2. The van der Waals surface area contributed by atoms with Crippen LogP contribution in [0, 0.1) is 9.39 Å². The Hall–Kier alpha value is -1.09. The molecule has 0 aliphatic rings. The number of likely N-dealkylation sites (N-methyl/N-ethyl adjacent to an activating group) is 1. The van der Waals surface area contributed by atoms with Crippen molar-refractivity contribution < 1.29 is 13.9 Å². The molecule has 0 bridgehead atoms. The minimum Gasteiger partial charge on any atom is -0.397 e. The number of carbonyl (C=O) groups is 1. The van der Waals surface area contributed by atoms with Gasteiger partial charge in [-0.1, -0.05) is 0 Å². The number of hydrogen-bond donors (Lipinski definition) is 2. The molecule has 0 unspecified atom stereocenters. The largest absolute Gasteiger partial charge is 0.397 e. The number of hydrogen-bond acceptors (Lipinski definition) is 4. The van der Waals surface area contributed by atoms with Gasteiger partial charge >= 0.3 is 0 Å². The number of amides is 1. The summed E-state index contributed by atoms with van der Waals surface area (Å²) in [6, 6.07) is 2.88. The van der Waals surface area contributed by atoms with Crippen LogP contribution in [0.2, 0.25) is 0 Å². The van der Waals surface area contributed by atoms with E-state index in [4.69, 9.17) is 10.5 Å². The third-order valence-corrected chi connectivity index (χ3v) is 3.32. The fraction of sp³-hybridized carbons (Fsp3) is 0.417. The van der Waals surface area contributed by atoms with E-state index in [0.717, 1.165) is 0 Å². The fourth-order valence-corrected chi connectivity index (χ4v) is 2.02. The van der Waals surface area contributed by atoms with Crippen LogP contribution >= 0.6 is 22.6 Å². The van der Waals surface area contributed by atoms with Crippen LogP contribution in [0.5, 0.6) is 0 Å². The third-order valence-electron chi connectivity index (χ3n) is 2.49. The molecular weight excluding hydrogens is 364 g/mol. The summed E-state index contributed by atoms with van der Waals surface area (Å²) in [6.45, 7) is 1.00. The van der Waals surface area contributed by atoms with Crippen molar-refractivity contribution in [1.82, 2.24) is 5.32 Å². The number of methoxy groups -OCH3 is 1. The fourth-order valence-electron chi connectivity index (χ4n) is 1.53. The molecule has 0 atom stereocenters. The van der Waals surface area contributed by atoms with Crippen LogP contribution < -0.4 is 16.0 Å². The van der Waals surface area contributed by atoms with Gasteiger partial charge in [0.2, 0.25) is 5.91 Å². The van der Waals surface area contributed by atoms with E-state index in [2.05, 4.69) is 5.32 Å². The van der Waals surface area contributed by atoms with Gasteiger partial charge in [0, 0.05) is 26.8 Å². The molecule has 0 aromatic heterocycles. The normalized spacial score (nSPS) is 10.3. The summed E-state index contributed by atoms with van der Waals surface area (Å²) in [5, 5.41) is 2.69. The first-order valence-electron chi connectivity index (χ1n) is 5.67. The molecule has 7 heteroatoms. The molecule has 0 saturated heterocycles. The predicted molar refractivity (Wildman–Crippen MR) is 81.7 cm³/mol. The highest BCUT2D eigenvalue weighted by atomic mass is 127. The van der Waals surface area contributed by atoms with Gasteiger partial charge in [-0.15, -0.1) is 0 Å². The summed E-state index contributed by atoms with van der Waals surface area (Å²) in [7, 11) is 3.25. The molecule has 1 aromatic carbocycles. The van der Waals surface area contributed by atoms with Gasteiger partial charge in [0.15, 0.2) is 0 Å². The van der Waals surface area contributed by atoms with E-state index in [9.17, 15) is 9.18 Å². The van der Waals surface area contributed by atoms with E-state index in [1.54, 1.807) is 25.1 Å². The van der Waals surface area contributed by atoms with Crippen molar-refractivity contribution in [2.45, 2.75) is 0 Å². The standard InChI is InChI=1S/C12H17FIN3O2/c1-17(7-12(18)16-3-4-19-2)11-5-8(13)9(14)6-10(11)15/h5-6H,3-4,7,15H2,1-2H3,(H,16,18). The average Bonchev–Trinajstić information content (AvgIpc) is 2.34. The van der Waals surface area contributed by atoms with Crippen LogP contribution in [0.1, 0.15) is 0 Å². The first-order chi connectivity index (χ1) is 8.95. The highest BCUT2D eigenvalue weighted by Crippen LogP contribution is 2.26. The van der Waals surface area contributed by atoms with Crippen LogP contribution in [0.3, 0.4) is 0 Å². The first-order valence-corrected chi connectivity index (χ1v) is 6.75. The van der Waals surface area contributed by atoms with Gasteiger partial charge in [-0.25, -0.2) is 4.39 Å². The van der Waals surface area contributed by atoms with Crippen molar-refractivity contribution in [2.24, 2.45) is 0 Å². The van der Waals surface area contributed by atoms with Crippen molar-refractivity contribution in [1.29, 1.82) is 0 Å². The summed E-state index contributed by atoms with van der Waals surface area (Å²) in [4.78, 5) is 13.2. The number of nitrogens with zero attached hydrogens (tertiary/aromatic N) is 1. The van der Waals surface area contributed by atoms with Crippen LogP contribution in [-0.4, -0.2) is 39.8 Å². The lowest BCUT2D eigenvalue weighted by Crippen LogP contribution is -2.37. The predicted octanol–water partition coefficient (Wildman–Crippen LogP) is 1.21. The Bertz CT molecular complexity index is 457. The number of benzene rings is 1. The van der Waals surface area contributed by atoms with Gasteiger partial charge < -0.3 is 20.7 Å². The summed E-state index contributed by atoms with van der Waals surface area (Å²) >= 11 is 1.87. The molecule has 106 valence electrons. The van der Waals surface area contributed by atoms with Crippen LogP contribution in [0.15, 0.2) is 12.1 Å². The maximum absolute atomic E-state index is 13.5. The number of carbonyl (C=O) groups excluding carboxylic acids is 1. The topological polar surface area (TPSA) is 67.6 Å². The van der Waals surface area contributed by atoms with Crippen LogP contribution in [-0.2, 0) is 9.53 Å². The Labute approximate surface area is 125 Å². The van der Waals surface area contributed by atoms with Gasteiger partial charge in [0.1, 0.15) is 5.82 Å². The van der Waals surface area contributed by atoms with Crippen molar-refractivity contribution in [3.8, 4) is 0 Å². The van der Waals surface area contributed by atoms with Crippen molar-refractivity contribution >= 4 is 39.9 Å². The van der Waals surface area contributed by atoms with Crippen LogP contribution in [0.25, 0.3) is 0 Å². The Morgan fingerprint density at radius 3 is 2.89 bits per heavy atom. The smallest absolute Gasteiger partial charge is 0.239 e. The third kappa shape index (κ3) is 4.83. The molecule has 0 aliphatic heterocycles. The molecule has 19 heavy (non-hydrogen) atoms. The van der Waals surface area contributed by atoms with Gasteiger partial charge in [0.25, 0.3) is 0 Å². The number of nitrogens with one attached hydrogen (secondary N) is 1. The molecule has 0 fully saturated rings. The first kappa shape index (κ1) is 16.0. The molecule has 0 heterocycles. The SMILES string of the molecule is COCCNC(=O)CN(C)c1cc(F)c(I)cc1N. The van der Waals surface area contributed by atoms with Gasteiger partial charge in [-0.3, -0.25) is 4.79 Å². The molecule has 0 aliphatic carbocycles. The quantitative estimate of drug-likeness (QED) is 0.442. The Kier molecular flexibility index (Phi) is 6.29. The number of ether oxygens (including phenoxy) is 1. The number of nitrogens with two attached hydrogens (primary N) is 1. The van der Waals surface area contributed by atoms with E-state index in [1.807, 2.05) is 22.6 Å². The molecule has 5 nitrogen and oxygen atoms in total. The van der Waals surface area contributed by atoms with Gasteiger partial charge in [-0.05, 0) is 28.7 Å². The second-order valence-electron chi connectivity index (χ2n) is 4.02.